The van der Waals surface area contributed by atoms with Crippen LogP contribution in [0.25, 0.3) is 0 Å². The molecule has 2 N–H and O–H groups in total. The van der Waals surface area contributed by atoms with Crippen LogP contribution in [0.1, 0.15) is 46.0 Å². The van der Waals surface area contributed by atoms with Crippen LogP contribution in [0.5, 0.6) is 0 Å². The summed E-state index contributed by atoms with van der Waals surface area (Å²) >= 11 is 5.00. The van der Waals surface area contributed by atoms with Gasteiger partial charge in [0.15, 0.2) is 0 Å². The van der Waals surface area contributed by atoms with Gasteiger partial charge in [-0.25, -0.2) is 0 Å². The van der Waals surface area contributed by atoms with E-state index in [-0.39, 0.29) is 0 Å². The highest BCUT2D eigenvalue weighted by molar-refractivity contribution is 7.80. The van der Waals surface area contributed by atoms with E-state index in [9.17, 15) is 0 Å². The van der Waals surface area contributed by atoms with Crippen LogP contribution in [0.3, 0.4) is 0 Å². The van der Waals surface area contributed by atoms with Crippen molar-refractivity contribution in [2.24, 2.45) is 11.7 Å². The molecule has 0 radical (unpaired) electrons. The van der Waals surface area contributed by atoms with Crippen LogP contribution in [-0.2, 0) is 4.74 Å². The summed E-state index contributed by atoms with van der Waals surface area (Å²) in [7, 11) is 1.83. The zero-order chi connectivity index (χ0) is 13.5. The molecule has 1 aliphatic rings. The minimum atomic E-state index is 0.434. The van der Waals surface area contributed by atoms with Crippen molar-refractivity contribution in [2.75, 3.05) is 20.2 Å². The van der Waals surface area contributed by atoms with Crippen molar-refractivity contribution in [3.05, 3.63) is 0 Å². The zero-order valence-electron chi connectivity index (χ0n) is 12.0. The van der Waals surface area contributed by atoms with Crippen LogP contribution in [0.4, 0.5) is 0 Å². The average molecular weight is 272 g/mol. The second kappa shape index (κ2) is 8.08. The molecule has 1 rings (SSSR count). The summed E-state index contributed by atoms with van der Waals surface area (Å²) in [5, 5.41) is 0. The molecule has 0 bridgehead atoms. The van der Waals surface area contributed by atoms with Gasteiger partial charge in [-0.15, -0.1) is 0 Å². The van der Waals surface area contributed by atoms with Gasteiger partial charge in [0.1, 0.15) is 0 Å². The summed E-state index contributed by atoms with van der Waals surface area (Å²) in [6.07, 6.45) is 6.17. The van der Waals surface area contributed by atoms with Crippen molar-refractivity contribution < 1.29 is 4.74 Å². The van der Waals surface area contributed by atoms with Crippen molar-refractivity contribution in [1.82, 2.24) is 4.90 Å². The number of nitrogens with zero attached hydrogens (tertiary/aromatic N) is 1. The average Bonchev–Trinajstić information content (AvgIpc) is 2.34. The number of nitrogens with two attached hydrogens (primary N) is 1. The number of rotatable bonds is 7. The molecule has 0 amide bonds. The highest BCUT2D eigenvalue weighted by Crippen LogP contribution is 2.25. The van der Waals surface area contributed by atoms with Crippen molar-refractivity contribution >= 4 is 17.2 Å². The Labute approximate surface area is 117 Å². The fraction of sp³-hybridized carbons (Fsp3) is 0.929. The normalized spacial score (nSPS) is 24.7. The van der Waals surface area contributed by atoms with E-state index in [0.29, 0.717) is 23.1 Å². The monoisotopic (exact) mass is 272 g/mol. The highest BCUT2D eigenvalue weighted by atomic mass is 32.1. The van der Waals surface area contributed by atoms with Gasteiger partial charge in [0.2, 0.25) is 0 Å². The van der Waals surface area contributed by atoms with Crippen molar-refractivity contribution in [2.45, 2.75) is 58.1 Å². The highest BCUT2D eigenvalue weighted by Gasteiger charge is 2.26. The molecule has 1 aliphatic carbocycles. The summed E-state index contributed by atoms with van der Waals surface area (Å²) in [5.41, 5.74) is 5.63. The molecule has 0 aromatic heterocycles. The van der Waals surface area contributed by atoms with Crippen LogP contribution in [0, 0.1) is 5.92 Å². The van der Waals surface area contributed by atoms with Gasteiger partial charge in [-0.2, -0.15) is 0 Å². The Morgan fingerprint density at radius 2 is 2.17 bits per heavy atom. The lowest BCUT2D eigenvalue weighted by molar-refractivity contribution is 0.0255. The molecule has 1 fully saturated rings. The van der Waals surface area contributed by atoms with E-state index in [4.69, 9.17) is 22.7 Å². The first-order valence-electron chi connectivity index (χ1n) is 7.08. The van der Waals surface area contributed by atoms with E-state index in [0.717, 1.165) is 25.9 Å². The molecule has 0 saturated heterocycles. The van der Waals surface area contributed by atoms with Gasteiger partial charge < -0.3 is 10.5 Å². The van der Waals surface area contributed by atoms with Gasteiger partial charge in [-0.1, -0.05) is 26.1 Å². The van der Waals surface area contributed by atoms with Gasteiger partial charge >= 0.3 is 0 Å². The molecular formula is C14H28N2OS. The Balaban J connectivity index is 2.53. The molecule has 0 aromatic rings. The predicted octanol–water partition coefficient (Wildman–Crippen LogP) is 2.58. The third-order valence-electron chi connectivity index (χ3n) is 3.69. The quantitative estimate of drug-likeness (QED) is 0.723. The first-order chi connectivity index (χ1) is 8.52. The topological polar surface area (TPSA) is 38.5 Å². The molecule has 2 atom stereocenters. The molecule has 18 heavy (non-hydrogen) atoms. The summed E-state index contributed by atoms with van der Waals surface area (Å²) in [6, 6.07) is 0.639. The molecular weight excluding hydrogens is 244 g/mol. The van der Waals surface area contributed by atoms with E-state index < -0.39 is 0 Å². The van der Waals surface area contributed by atoms with Gasteiger partial charge in [-0.3, -0.25) is 4.90 Å². The summed E-state index contributed by atoms with van der Waals surface area (Å²) in [5.74, 6) is 0.680. The second-order valence-electron chi connectivity index (χ2n) is 5.78. The minimum absolute atomic E-state index is 0.434. The maximum absolute atomic E-state index is 5.63. The SMILES string of the molecule is COC1CCCC(N(CCC(N)=S)CC(C)C)C1. The Kier molecular flexibility index (Phi) is 7.12. The molecule has 0 aromatic carbocycles. The van der Waals surface area contributed by atoms with Gasteiger partial charge in [-0.05, 0) is 31.6 Å². The number of hydrogen-bond acceptors (Lipinski definition) is 3. The van der Waals surface area contributed by atoms with Gasteiger partial charge in [0.05, 0.1) is 11.1 Å². The van der Waals surface area contributed by atoms with Crippen LogP contribution in [0.2, 0.25) is 0 Å². The van der Waals surface area contributed by atoms with E-state index in [1.54, 1.807) is 0 Å². The van der Waals surface area contributed by atoms with Crippen LogP contribution in [-0.4, -0.2) is 42.2 Å². The van der Waals surface area contributed by atoms with E-state index in [1.807, 2.05) is 7.11 Å². The lowest BCUT2D eigenvalue weighted by atomic mass is 9.91. The molecule has 4 heteroatoms. The maximum atomic E-state index is 5.63. The largest absolute Gasteiger partial charge is 0.393 e. The van der Waals surface area contributed by atoms with Crippen LogP contribution < -0.4 is 5.73 Å². The minimum Gasteiger partial charge on any atom is -0.393 e. The van der Waals surface area contributed by atoms with Crippen molar-refractivity contribution in [3.8, 4) is 0 Å². The fourth-order valence-corrected chi connectivity index (χ4v) is 2.90. The van der Waals surface area contributed by atoms with Crippen molar-refractivity contribution in [1.29, 1.82) is 0 Å². The first kappa shape index (κ1) is 15.9. The number of ether oxygens (including phenoxy) is 1. The Hall–Kier alpha value is -0.190. The molecule has 0 spiro atoms. The number of hydrogen-bond donors (Lipinski definition) is 1. The predicted molar refractivity (Wildman–Crippen MR) is 80.9 cm³/mol. The smallest absolute Gasteiger partial charge is 0.0740 e. The number of thiocarbonyl (C=S) groups is 1. The summed E-state index contributed by atoms with van der Waals surface area (Å²) in [4.78, 5) is 3.19. The first-order valence-corrected chi connectivity index (χ1v) is 7.49. The molecule has 106 valence electrons. The number of methoxy groups -OCH3 is 1. The molecule has 1 saturated carbocycles. The van der Waals surface area contributed by atoms with Gasteiger partial charge in [0, 0.05) is 32.7 Å². The maximum Gasteiger partial charge on any atom is 0.0740 e. The lowest BCUT2D eigenvalue weighted by Gasteiger charge is -2.38. The van der Waals surface area contributed by atoms with E-state index in [1.165, 1.54) is 19.3 Å². The van der Waals surface area contributed by atoms with Crippen LogP contribution in [0.15, 0.2) is 0 Å². The van der Waals surface area contributed by atoms with E-state index in [2.05, 4.69) is 18.7 Å². The zero-order valence-corrected chi connectivity index (χ0v) is 12.8. The molecule has 0 aliphatic heterocycles. The second-order valence-corrected chi connectivity index (χ2v) is 6.31. The fourth-order valence-electron chi connectivity index (χ4n) is 2.81. The van der Waals surface area contributed by atoms with Gasteiger partial charge in [0.25, 0.3) is 0 Å². The third-order valence-corrected chi connectivity index (χ3v) is 3.90. The summed E-state index contributed by atoms with van der Waals surface area (Å²) in [6.45, 7) is 6.66. The van der Waals surface area contributed by atoms with Crippen LogP contribution >= 0.6 is 12.2 Å². The Morgan fingerprint density at radius 1 is 1.44 bits per heavy atom. The Bertz CT molecular complexity index is 258. The van der Waals surface area contributed by atoms with E-state index >= 15 is 0 Å². The Morgan fingerprint density at radius 3 is 2.72 bits per heavy atom. The summed E-state index contributed by atoms with van der Waals surface area (Å²) < 4.78 is 5.52. The molecule has 0 heterocycles. The third kappa shape index (κ3) is 5.63. The van der Waals surface area contributed by atoms with Crippen molar-refractivity contribution in [3.63, 3.8) is 0 Å². The standard InChI is InChI=1S/C14H28N2OS/c1-11(2)10-16(8-7-14(15)18)12-5-4-6-13(9-12)17-3/h11-13H,4-10H2,1-3H3,(H2,15,18). The molecule has 3 nitrogen and oxygen atoms in total. The lowest BCUT2D eigenvalue weighted by Crippen LogP contribution is -2.43. The molecule has 2 unspecified atom stereocenters.